The molecular formula is C12H23BrO. The van der Waals surface area contributed by atoms with Gasteiger partial charge in [-0.3, -0.25) is 0 Å². The standard InChI is InChI=1S/C12H23BrO/c1-3-11(10(2)13)6-4-7-12-8-5-9-14-12/h10-12H,3-9H2,1-2H3. The first-order valence-electron chi connectivity index (χ1n) is 5.99. The summed E-state index contributed by atoms with van der Waals surface area (Å²) in [5.41, 5.74) is 0. The predicted octanol–water partition coefficient (Wildman–Crippen LogP) is 4.15. The molecule has 0 aromatic rings. The molecule has 0 saturated carbocycles. The van der Waals surface area contributed by atoms with E-state index in [0.29, 0.717) is 10.9 Å². The molecule has 0 aliphatic carbocycles. The summed E-state index contributed by atoms with van der Waals surface area (Å²) >= 11 is 3.68. The van der Waals surface area contributed by atoms with Crippen molar-refractivity contribution in [1.29, 1.82) is 0 Å². The van der Waals surface area contributed by atoms with Crippen LogP contribution in [0, 0.1) is 5.92 Å². The molecule has 0 N–H and O–H groups in total. The first-order valence-corrected chi connectivity index (χ1v) is 6.91. The minimum atomic E-state index is 0.582. The zero-order valence-electron chi connectivity index (χ0n) is 9.47. The van der Waals surface area contributed by atoms with E-state index in [4.69, 9.17) is 4.74 Å². The van der Waals surface area contributed by atoms with Crippen molar-refractivity contribution >= 4 is 15.9 Å². The number of hydrogen-bond donors (Lipinski definition) is 0. The van der Waals surface area contributed by atoms with Crippen molar-refractivity contribution < 1.29 is 4.74 Å². The molecule has 1 nitrogen and oxygen atoms in total. The van der Waals surface area contributed by atoms with Gasteiger partial charge in [0, 0.05) is 11.4 Å². The van der Waals surface area contributed by atoms with E-state index in [9.17, 15) is 0 Å². The lowest BCUT2D eigenvalue weighted by Crippen LogP contribution is -2.11. The molecule has 14 heavy (non-hydrogen) atoms. The monoisotopic (exact) mass is 262 g/mol. The summed E-state index contributed by atoms with van der Waals surface area (Å²) < 4.78 is 5.62. The first-order chi connectivity index (χ1) is 6.74. The predicted molar refractivity (Wildman–Crippen MR) is 65.0 cm³/mol. The molecule has 1 rings (SSSR count). The van der Waals surface area contributed by atoms with Crippen LogP contribution in [0.4, 0.5) is 0 Å². The van der Waals surface area contributed by atoms with Crippen LogP contribution < -0.4 is 0 Å². The Kier molecular flexibility index (Phi) is 6.11. The Morgan fingerprint density at radius 3 is 2.79 bits per heavy atom. The SMILES string of the molecule is CCC(CCCC1CCCO1)C(C)Br. The third-order valence-corrected chi connectivity index (χ3v) is 4.05. The Morgan fingerprint density at radius 1 is 1.50 bits per heavy atom. The summed E-state index contributed by atoms with van der Waals surface area (Å²) in [7, 11) is 0. The van der Waals surface area contributed by atoms with Crippen molar-refractivity contribution in [2.75, 3.05) is 6.61 Å². The van der Waals surface area contributed by atoms with Crippen molar-refractivity contribution in [2.45, 2.75) is 63.3 Å². The second kappa shape index (κ2) is 6.84. The molecule has 3 unspecified atom stereocenters. The van der Waals surface area contributed by atoms with E-state index in [1.54, 1.807) is 0 Å². The van der Waals surface area contributed by atoms with Crippen molar-refractivity contribution in [2.24, 2.45) is 5.92 Å². The van der Waals surface area contributed by atoms with Crippen LogP contribution in [0.1, 0.15) is 52.4 Å². The topological polar surface area (TPSA) is 9.23 Å². The molecule has 0 spiro atoms. The minimum absolute atomic E-state index is 0.582. The highest BCUT2D eigenvalue weighted by Crippen LogP contribution is 2.24. The average Bonchev–Trinajstić information content (AvgIpc) is 2.64. The molecule has 0 aromatic carbocycles. The lowest BCUT2D eigenvalue weighted by molar-refractivity contribution is 0.101. The number of ether oxygens (including phenoxy) is 1. The van der Waals surface area contributed by atoms with E-state index >= 15 is 0 Å². The number of hydrogen-bond acceptors (Lipinski definition) is 1. The third kappa shape index (κ3) is 4.31. The molecule has 3 atom stereocenters. The molecule has 0 amide bonds. The van der Waals surface area contributed by atoms with Gasteiger partial charge >= 0.3 is 0 Å². The van der Waals surface area contributed by atoms with Crippen molar-refractivity contribution in [3.63, 3.8) is 0 Å². The maximum Gasteiger partial charge on any atom is 0.0576 e. The first kappa shape index (κ1) is 12.5. The molecule has 1 fully saturated rings. The summed E-state index contributed by atoms with van der Waals surface area (Å²) in [4.78, 5) is 0.664. The number of alkyl halides is 1. The van der Waals surface area contributed by atoms with Crippen LogP contribution in [-0.4, -0.2) is 17.5 Å². The van der Waals surface area contributed by atoms with Crippen LogP contribution in [0.25, 0.3) is 0 Å². The van der Waals surface area contributed by atoms with Gasteiger partial charge in [0.1, 0.15) is 0 Å². The largest absolute Gasteiger partial charge is 0.378 e. The van der Waals surface area contributed by atoms with E-state index < -0.39 is 0 Å². The van der Waals surface area contributed by atoms with Crippen LogP contribution in [0.5, 0.6) is 0 Å². The van der Waals surface area contributed by atoms with Gasteiger partial charge in [0.2, 0.25) is 0 Å². The lowest BCUT2D eigenvalue weighted by Gasteiger charge is -2.18. The van der Waals surface area contributed by atoms with Gasteiger partial charge in [-0.05, 0) is 31.6 Å². The second-order valence-corrected chi connectivity index (χ2v) is 5.86. The highest BCUT2D eigenvalue weighted by atomic mass is 79.9. The van der Waals surface area contributed by atoms with Gasteiger partial charge in [-0.15, -0.1) is 0 Å². The zero-order chi connectivity index (χ0) is 10.4. The Hall–Kier alpha value is 0.440. The van der Waals surface area contributed by atoms with E-state index in [1.807, 2.05) is 0 Å². The van der Waals surface area contributed by atoms with Gasteiger partial charge in [-0.2, -0.15) is 0 Å². The molecule has 84 valence electrons. The van der Waals surface area contributed by atoms with Gasteiger partial charge in [-0.1, -0.05) is 42.6 Å². The quantitative estimate of drug-likeness (QED) is 0.654. The Balaban J connectivity index is 2.06. The van der Waals surface area contributed by atoms with Crippen LogP contribution >= 0.6 is 15.9 Å². The van der Waals surface area contributed by atoms with Crippen molar-refractivity contribution in [3.8, 4) is 0 Å². The van der Waals surface area contributed by atoms with Crippen LogP contribution in [0.3, 0.4) is 0 Å². The van der Waals surface area contributed by atoms with E-state index in [0.717, 1.165) is 12.5 Å². The zero-order valence-corrected chi connectivity index (χ0v) is 11.1. The molecule has 2 heteroatoms. The minimum Gasteiger partial charge on any atom is -0.378 e. The average molecular weight is 263 g/mol. The maximum absolute atomic E-state index is 5.62. The van der Waals surface area contributed by atoms with Crippen LogP contribution in [-0.2, 0) is 4.74 Å². The maximum atomic E-state index is 5.62. The summed E-state index contributed by atoms with van der Waals surface area (Å²) in [6, 6.07) is 0. The second-order valence-electron chi connectivity index (χ2n) is 4.41. The molecule has 1 saturated heterocycles. The summed E-state index contributed by atoms with van der Waals surface area (Å²) in [6.45, 7) is 5.55. The summed E-state index contributed by atoms with van der Waals surface area (Å²) in [6.07, 6.45) is 8.39. The van der Waals surface area contributed by atoms with Gasteiger partial charge in [-0.25, -0.2) is 0 Å². The third-order valence-electron chi connectivity index (χ3n) is 3.30. The van der Waals surface area contributed by atoms with Crippen molar-refractivity contribution in [3.05, 3.63) is 0 Å². The Bertz CT molecular complexity index is 141. The van der Waals surface area contributed by atoms with E-state index in [-0.39, 0.29) is 0 Å². The summed E-state index contributed by atoms with van der Waals surface area (Å²) in [5.74, 6) is 0.844. The van der Waals surface area contributed by atoms with E-state index in [1.165, 1.54) is 38.5 Å². The summed E-state index contributed by atoms with van der Waals surface area (Å²) in [5, 5.41) is 0. The van der Waals surface area contributed by atoms with Crippen LogP contribution in [0.15, 0.2) is 0 Å². The normalized spacial score (nSPS) is 26.4. The van der Waals surface area contributed by atoms with Crippen LogP contribution in [0.2, 0.25) is 0 Å². The van der Waals surface area contributed by atoms with Crippen molar-refractivity contribution in [1.82, 2.24) is 0 Å². The van der Waals surface area contributed by atoms with E-state index in [2.05, 4.69) is 29.8 Å². The van der Waals surface area contributed by atoms with Gasteiger partial charge in [0.15, 0.2) is 0 Å². The smallest absolute Gasteiger partial charge is 0.0576 e. The molecule has 1 aliphatic heterocycles. The Morgan fingerprint density at radius 2 is 2.29 bits per heavy atom. The number of halogens is 1. The van der Waals surface area contributed by atoms with Gasteiger partial charge in [0.25, 0.3) is 0 Å². The van der Waals surface area contributed by atoms with Gasteiger partial charge in [0.05, 0.1) is 6.10 Å². The molecule has 0 aromatic heterocycles. The molecule has 1 heterocycles. The lowest BCUT2D eigenvalue weighted by atomic mass is 9.95. The highest BCUT2D eigenvalue weighted by molar-refractivity contribution is 9.09. The molecular weight excluding hydrogens is 240 g/mol. The number of rotatable bonds is 6. The fourth-order valence-electron chi connectivity index (χ4n) is 2.24. The van der Waals surface area contributed by atoms with Gasteiger partial charge < -0.3 is 4.74 Å². The fraction of sp³-hybridized carbons (Fsp3) is 1.00. The Labute approximate surface area is 96.7 Å². The molecule has 0 radical (unpaired) electrons. The molecule has 1 aliphatic rings. The molecule has 0 bridgehead atoms. The highest BCUT2D eigenvalue weighted by Gasteiger charge is 2.17. The fourth-order valence-corrected chi connectivity index (χ4v) is 2.88.